The minimum absolute atomic E-state index is 0.0564. The van der Waals surface area contributed by atoms with Crippen molar-refractivity contribution in [3.8, 4) is 0 Å². The lowest BCUT2D eigenvalue weighted by Gasteiger charge is -2.45. The van der Waals surface area contributed by atoms with Gasteiger partial charge < -0.3 is 50.2 Å². The van der Waals surface area contributed by atoms with Crippen molar-refractivity contribution in [1.29, 1.82) is 0 Å². The second kappa shape index (κ2) is 13.4. The summed E-state index contributed by atoms with van der Waals surface area (Å²) in [4.78, 5) is 48.8. The SMILES string of the molecule is CC(C)(C)OC(=O)NCCC(=O)N[C@@H]1C[C@H](NC(=O)OC(C)(C)C)[C@@H](N=O)[C@H](O)[C@H]1O[C@H]1OC[C@](C)(O)C[C@H]1O. The molecule has 2 rings (SSSR count). The molecule has 15 heteroatoms. The molecular formula is C25H44N4O11. The highest BCUT2D eigenvalue weighted by molar-refractivity contribution is 5.77. The highest BCUT2D eigenvalue weighted by Gasteiger charge is 2.50. The molecule has 0 aromatic heterocycles. The van der Waals surface area contributed by atoms with E-state index in [4.69, 9.17) is 18.9 Å². The molecule has 40 heavy (non-hydrogen) atoms. The van der Waals surface area contributed by atoms with Crippen molar-refractivity contribution in [3.05, 3.63) is 4.91 Å². The Morgan fingerprint density at radius 2 is 1.60 bits per heavy atom. The molecule has 0 aromatic rings. The Kier molecular flexibility index (Phi) is 11.2. The summed E-state index contributed by atoms with van der Waals surface area (Å²) in [6.45, 7) is 11.3. The zero-order chi connectivity index (χ0) is 30.5. The maximum Gasteiger partial charge on any atom is 0.407 e. The minimum atomic E-state index is -1.63. The van der Waals surface area contributed by atoms with Gasteiger partial charge in [0, 0.05) is 19.4 Å². The molecule has 1 aliphatic carbocycles. The first kappa shape index (κ1) is 33.6. The van der Waals surface area contributed by atoms with Crippen LogP contribution in [0.3, 0.4) is 0 Å². The quantitative estimate of drug-likeness (QED) is 0.218. The molecule has 2 fully saturated rings. The van der Waals surface area contributed by atoms with Gasteiger partial charge in [0.25, 0.3) is 0 Å². The van der Waals surface area contributed by atoms with Crippen LogP contribution >= 0.6 is 0 Å². The normalized spacial score (nSPS) is 32.9. The molecule has 0 spiro atoms. The van der Waals surface area contributed by atoms with Crippen LogP contribution in [0.2, 0.25) is 0 Å². The smallest absolute Gasteiger partial charge is 0.407 e. The van der Waals surface area contributed by atoms with E-state index in [1.807, 2.05) is 0 Å². The molecule has 0 bridgehead atoms. The van der Waals surface area contributed by atoms with E-state index >= 15 is 0 Å². The van der Waals surface area contributed by atoms with Crippen LogP contribution in [0.5, 0.6) is 0 Å². The van der Waals surface area contributed by atoms with Crippen molar-refractivity contribution in [2.45, 2.75) is 127 Å². The number of hydrogen-bond acceptors (Lipinski definition) is 12. The molecule has 1 saturated carbocycles. The number of nitrogens with one attached hydrogen (secondary N) is 3. The van der Waals surface area contributed by atoms with Crippen LogP contribution in [-0.4, -0.2) is 106 Å². The van der Waals surface area contributed by atoms with E-state index in [0.29, 0.717) is 0 Å². The molecular weight excluding hydrogens is 532 g/mol. The zero-order valence-corrected chi connectivity index (χ0v) is 24.1. The molecule has 6 N–H and O–H groups in total. The average molecular weight is 577 g/mol. The minimum Gasteiger partial charge on any atom is -0.444 e. The lowest BCUT2D eigenvalue weighted by molar-refractivity contribution is -0.285. The topological polar surface area (TPSA) is 214 Å². The van der Waals surface area contributed by atoms with E-state index in [1.165, 1.54) is 6.92 Å². The first-order chi connectivity index (χ1) is 18.3. The summed E-state index contributed by atoms with van der Waals surface area (Å²) in [6.07, 6.45) is -7.35. The van der Waals surface area contributed by atoms with Crippen molar-refractivity contribution in [1.82, 2.24) is 16.0 Å². The number of carbonyl (C=O) groups is 3. The number of amides is 3. The number of nitroso groups, excluding NO2 is 1. The molecule has 1 heterocycles. The van der Waals surface area contributed by atoms with Gasteiger partial charge in [-0.05, 0) is 54.9 Å². The third-order valence-corrected chi connectivity index (χ3v) is 6.01. The number of ether oxygens (including phenoxy) is 4. The third kappa shape index (κ3) is 10.8. The fourth-order valence-electron chi connectivity index (χ4n) is 4.41. The Balaban J connectivity index is 2.16. The molecule has 1 saturated heterocycles. The van der Waals surface area contributed by atoms with Crippen LogP contribution < -0.4 is 16.0 Å². The Hall–Kier alpha value is -2.59. The number of nitrogens with zero attached hydrogens (tertiary/aromatic N) is 1. The van der Waals surface area contributed by atoms with Crippen LogP contribution in [-0.2, 0) is 23.7 Å². The summed E-state index contributed by atoms with van der Waals surface area (Å²) in [5.74, 6) is -0.538. The zero-order valence-electron chi connectivity index (χ0n) is 24.1. The summed E-state index contributed by atoms with van der Waals surface area (Å²) < 4.78 is 21.7. The Morgan fingerprint density at radius 3 is 2.15 bits per heavy atom. The maximum absolute atomic E-state index is 12.8. The Labute approximate surface area is 233 Å². The van der Waals surface area contributed by atoms with E-state index in [9.17, 15) is 34.6 Å². The number of alkyl carbamates (subject to hydrolysis) is 2. The summed E-state index contributed by atoms with van der Waals surface area (Å²) in [7, 11) is 0. The largest absolute Gasteiger partial charge is 0.444 e. The number of hydrogen-bond donors (Lipinski definition) is 6. The van der Waals surface area contributed by atoms with E-state index in [1.54, 1.807) is 41.5 Å². The average Bonchev–Trinajstić information content (AvgIpc) is 2.74. The van der Waals surface area contributed by atoms with Crippen molar-refractivity contribution >= 4 is 18.1 Å². The van der Waals surface area contributed by atoms with E-state index in [2.05, 4.69) is 21.1 Å². The van der Waals surface area contributed by atoms with Gasteiger partial charge in [-0.1, -0.05) is 5.18 Å². The van der Waals surface area contributed by atoms with Gasteiger partial charge in [0.2, 0.25) is 5.91 Å². The molecule has 2 aliphatic rings. The monoisotopic (exact) mass is 576 g/mol. The Morgan fingerprint density at radius 1 is 1.00 bits per heavy atom. The van der Waals surface area contributed by atoms with Gasteiger partial charge in [0.1, 0.15) is 35.6 Å². The summed E-state index contributed by atoms with van der Waals surface area (Å²) in [6, 6.07) is -3.41. The number of aliphatic hydroxyl groups is 3. The maximum atomic E-state index is 12.8. The van der Waals surface area contributed by atoms with Crippen molar-refractivity contribution in [2.75, 3.05) is 13.2 Å². The predicted octanol–water partition coefficient (Wildman–Crippen LogP) is 0.422. The van der Waals surface area contributed by atoms with Crippen LogP contribution in [0, 0.1) is 4.91 Å². The van der Waals surface area contributed by atoms with Gasteiger partial charge in [0.05, 0.1) is 24.3 Å². The molecule has 8 atom stereocenters. The highest BCUT2D eigenvalue weighted by atomic mass is 16.7. The van der Waals surface area contributed by atoms with Crippen molar-refractivity contribution < 1.29 is 48.7 Å². The van der Waals surface area contributed by atoms with Gasteiger partial charge in [0.15, 0.2) is 6.29 Å². The highest BCUT2D eigenvalue weighted by Crippen LogP contribution is 2.31. The van der Waals surface area contributed by atoms with E-state index in [0.717, 1.165) is 0 Å². The molecule has 15 nitrogen and oxygen atoms in total. The first-order valence-electron chi connectivity index (χ1n) is 13.2. The molecule has 3 amide bonds. The first-order valence-corrected chi connectivity index (χ1v) is 13.2. The predicted molar refractivity (Wildman–Crippen MR) is 140 cm³/mol. The lowest BCUT2D eigenvalue weighted by Crippen LogP contribution is -2.66. The van der Waals surface area contributed by atoms with Crippen LogP contribution in [0.1, 0.15) is 67.7 Å². The molecule has 1 aliphatic heterocycles. The standard InChI is InChI=1S/C25H44N4O11/c1-23(2,3)39-21(33)26-9-8-16(31)27-14-10-13(28-22(34)40-24(4,5)6)17(29-36)18(32)19(14)38-20-15(30)11-25(7,35)12-37-20/h13-15,17-20,30,32,35H,8-12H2,1-7H3,(H,26,33)(H,27,31)(H,28,34)/t13-,14+,15+,17+,18-,19-,20+,25+/m0/s1. The van der Waals surface area contributed by atoms with Gasteiger partial charge in [-0.2, -0.15) is 4.91 Å². The second-order valence-corrected chi connectivity index (χ2v) is 12.5. The molecule has 0 radical (unpaired) electrons. The van der Waals surface area contributed by atoms with Crippen LogP contribution in [0.25, 0.3) is 0 Å². The summed E-state index contributed by atoms with van der Waals surface area (Å²) in [5.41, 5.74) is -2.85. The fraction of sp³-hybridized carbons (Fsp3) is 0.880. The van der Waals surface area contributed by atoms with E-state index in [-0.39, 0.29) is 32.4 Å². The van der Waals surface area contributed by atoms with Crippen molar-refractivity contribution in [3.63, 3.8) is 0 Å². The van der Waals surface area contributed by atoms with Crippen LogP contribution in [0.15, 0.2) is 5.18 Å². The Bertz CT molecular complexity index is 902. The third-order valence-electron chi connectivity index (χ3n) is 6.01. The van der Waals surface area contributed by atoms with Gasteiger partial charge >= 0.3 is 12.2 Å². The van der Waals surface area contributed by atoms with Gasteiger partial charge in [-0.15, -0.1) is 0 Å². The molecule has 0 unspecified atom stereocenters. The summed E-state index contributed by atoms with van der Waals surface area (Å²) >= 11 is 0. The van der Waals surface area contributed by atoms with Crippen molar-refractivity contribution in [2.24, 2.45) is 5.18 Å². The lowest BCUT2D eigenvalue weighted by atomic mass is 9.82. The summed E-state index contributed by atoms with van der Waals surface area (Å²) in [5, 5.41) is 42.4. The van der Waals surface area contributed by atoms with Crippen LogP contribution in [0.4, 0.5) is 9.59 Å². The number of rotatable bonds is 8. The van der Waals surface area contributed by atoms with Gasteiger partial charge in [-0.25, -0.2) is 9.59 Å². The number of aliphatic hydroxyl groups excluding tert-OH is 2. The fourth-order valence-corrected chi connectivity index (χ4v) is 4.41. The molecule has 0 aromatic carbocycles. The molecule has 230 valence electrons. The second-order valence-electron chi connectivity index (χ2n) is 12.5. The number of carbonyl (C=O) groups excluding carboxylic acids is 3. The van der Waals surface area contributed by atoms with E-state index < -0.39 is 77.6 Å². The van der Waals surface area contributed by atoms with Gasteiger partial charge in [-0.3, -0.25) is 4.79 Å².